The summed E-state index contributed by atoms with van der Waals surface area (Å²) in [6, 6.07) is 1.78. The molecule has 0 unspecified atom stereocenters. The van der Waals surface area contributed by atoms with Gasteiger partial charge in [0.05, 0.1) is 12.3 Å². The van der Waals surface area contributed by atoms with Gasteiger partial charge in [-0.3, -0.25) is 4.68 Å². The molecular formula is C10H11BrN4O2. The maximum absolute atomic E-state index is 11.7. The Morgan fingerprint density at radius 2 is 2.41 bits per heavy atom. The minimum atomic E-state index is -0.429. The maximum Gasteiger partial charge on any atom is 0.357 e. The number of aromatic amines is 1. The minimum absolute atomic E-state index is 0.320. The van der Waals surface area contributed by atoms with Crippen LogP contribution in [0, 0.1) is 0 Å². The van der Waals surface area contributed by atoms with E-state index in [1.165, 1.54) is 0 Å². The molecule has 2 aromatic heterocycles. The monoisotopic (exact) mass is 298 g/mol. The molecule has 17 heavy (non-hydrogen) atoms. The van der Waals surface area contributed by atoms with Gasteiger partial charge in [0.15, 0.2) is 10.4 Å². The predicted octanol–water partition coefficient (Wildman–Crippen LogP) is 1.75. The van der Waals surface area contributed by atoms with Crippen molar-refractivity contribution < 1.29 is 9.53 Å². The Morgan fingerprint density at radius 3 is 3.00 bits per heavy atom. The first-order valence-electron chi connectivity index (χ1n) is 5.04. The third-order valence-electron chi connectivity index (χ3n) is 2.22. The molecule has 0 radical (unpaired) electrons. The third-order valence-corrected chi connectivity index (χ3v) is 2.59. The van der Waals surface area contributed by atoms with Gasteiger partial charge in [0.2, 0.25) is 0 Å². The minimum Gasteiger partial charge on any atom is -0.461 e. The Morgan fingerprint density at radius 1 is 1.65 bits per heavy atom. The molecule has 2 aromatic rings. The highest BCUT2D eigenvalue weighted by Crippen LogP contribution is 2.23. The Kier molecular flexibility index (Phi) is 3.28. The zero-order valence-corrected chi connectivity index (χ0v) is 11.0. The molecule has 2 rings (SSSR count). The number of esters is 1. The van der Waals surface area contributed by atoms with Crippen molar-refractivity contribution in [2.75, 3.05) is 6.61 Å². The summed E-state index contributed by atoms with van der Waals surface area (Å²) in [5.41, 5.74) is 1.59. The van der Waals surface area contributed by atoms with Crippen LogP contribution in [0.5, 0.6) is 0 Å². The SMILES string of the molecule is CCOC(=O)c1[nH]c(Br)nc1-c1ccnn1C. The fraction of sp³-hybridized carbons (Fsp3) is 0.300. The van der Waals surface area contributed by atoms with E-state index in [4.69, 9.17) is 4.74 Å². The van der Waals surface area contributed by atoms with Gasteiger partial charge < -0.3 is 9.72 Å². The molecule has 90 valence electrons. The third kappa shape index (κ3) is 2.23. The van der Waals surface area contributed by atoms with Gasteiger partial charge in [0.25, 0.3) is 0 Å². The first-order valence-corrected chi connectivity index (χ1v) is 5.83. The van der Waals surface area contributed by atoms with Gasteiger partial charge in [-0.05, 0) is 28.9 Å². The van der Waals surface area contributed by atoms with Crippen LogP contribution in [0.4, 0.5) is 0 Å². The van der Waals surface area contributed by atoms with E-state index in [0.29, 0.717) is 22.7 Å². The van der Waals surface area contributed by atoms with E-state index in [9.17, 15) is 4.79 Å². The van der Waals surface area contributed by atoms with E-state index < -0.39 is 5.97 Å². The number of hydrogen-bond donors (Lipinski definition) is 1. The molecule has 0 aliphatic rings. The lowest BCUT2D eigenvalue weighted by Gasteiger charge is -2.02. The lowest BCUT2D eigenvalue weighted by atomic mass is 10.2. The predicted molar refractivity (Wildman–Crippen MR) is 64.4 cm³/mol. The highest BCUT2D eigenvalue weighted by molar-refractivity contribution is 9.10. The Labute approximate surface area is 106 Å². The van der Waals surface area contributed by atoms with Crippen LogP contribution >= 0.6 is 15.9 Å². The Hall–Kier alpha value is -1.63. The zero-order valence-electron chi connectivity index (χ0n) is 9.40. The van der Waals surface area contributed by atoms with Gasteiger partial charge in [-0.2, -0.15) is 5.10 Å². The first kappa shape index (κ1) is 11.8. The van der Waals surface area contributed by atoms with Crippen LogP contribution in [0.3, 0.4) is 0 Å². The van der Waals surface area contributed by atoms with Crippen molar-refractivity contribution in [2.24, 2.45) is 7.05 Å². The number of aromatic nitrogens is 4. The number of nitrogens with zero attached hydrogens (tertiary/aromatic N) is 3. The summed E-state index contributed by atoms with van der Waals surface area (Å²) in [6.45, 7) is 2.08. The van der Waals surface area contributed by atoms with Gasteiger partial charge in [0, 0.05) is 13.2 Å². The quantitative estimate of drug-likeness (QED) is 0.876. The summed E-state index contributed by atoms with van der Waals surface area (Å²) in [4.78, 5) is 18.8. The fourth-order valence-corrected chi connectivity index (χ4v) is 1.86. The number of carbonyl (C=O) groups excluding carboxylic acids is 1. The van der Waals surface area contributed by atoms with Gasteiger partial charge >= 0.3 is 5.97 Å². The molecule has 0 saturated heterocycles. The van der Waals surface area contributed by atoms with E-state index in [1.54, 1.807) is 30.9 Å². The van der Waals surface area contributed by atoms with Crippen LogP contribution in [0.1, 0.15) is 17.4 Å². The summed E-state index contributed by atoms with van der Waals surface area (Å²) < 4.78 is 7.09. The van der Waals surface area contributed by atoms with Gasteiger partial charge in [-0.15, -0.1) is 0 Å². The normalized spacial score (nSPS) is 10.5. The van der Waals surface area contributed by atoms with Crippen LogP contribution in [0.15, 0.2) is 17.0 Å². The maximum atomic E-state index is 11.7. The molecule has 0 saturated carbocycles. The smallest absolute Gasteiger partial charge is 0.357 e. The average molecular weight is 299 g/mol. The molecule has 0 spiro atoms. The van der Waals surface area contributed by atoms with E-state index in [1.807, 2.05) is 0 Å². The average Bonchev–Trinajstić information content (AvgIpc) is 2.84. The molecule has 0 aliphatic heterocycles. The highest BCUT2D eigenvalue weighted by Gasteiger charge is 2.20. The van der Waals surface area contributed by atoms with Crippen LogP contribution in [-0.2, 0) is 11.8 Å². The van der Waals surface area contributed by atoms with Crippen molar-refractivity contribution >= 4 is 21.9 Å². The van der Waals surface area contributed by atoms with E-state index in [-0.39, 0.29) is 0 Å². The van der Waals surface area contributed by atoms with Crippen molar-refractivity contribution in [3.63, 3.8) is 0 Å². The van der Waals surface area contributed by atoms with Crippen LogP contribution in [0.25, 0.3) is 11.4 Å². The highest BCUT2D eigenvalue weighted by atomic mass is 79.9. The fourth-order valence-electron chi connectivity index (χ4n) is 1.49. The second-order valence-corrected chi connectivity index (χ2v) is 4.06. The molecule has 1 N–H and O–H groups in total. The molecule has 0 fully saturated rings. The van der Waals surface area contributed by atoms with Crippen molar-refractivity contribution in [1.29, 1.82) is 0 Å². The number of hydrogen-bond acceptors (Lipinski definition) is 4. The van der Waals surface area contributed by atoms with Crippen molar-refractivity contribution in [3.8, 4) is 11.4 Å². The standard InChI is InChI=1S/C10H11BrN4O2/c1-3-17-9(16)8-7(13-10(11)14-8)6-4-5-12-15(6)2/h4-5H,3H2,1-2H3,(H,13,14). The topological polar surface area (TPSA) is 72.8 Å². The number of nitrogens with one attached hydrogen (secondary N) is 1. The molecule has 0 atom stereocenters. The molecular weight excluding hydrogens is 288 g/mol. The molecule has 2 heterocycles. The first-order chi connectivity index (χ1) is 8.13. The summed E-state index contributed by atoms with van der Waals surface area (Å²) in [5.74, 6) is -0.429. The van der Waals surface area contributed by atoms with Crippen molar-refractivity contribution in [3.05, 3.63) is 22.7 Å². The van der Waals surface area contributed by atoms with Crippen LogP contribution in [0.2, 0.25) is 0 Å². The Balaban J connectivity index is 2.48. The molecule has 0 aliphatic carbocycles. The number of halogens is 1. The molecule has 7 heteroatoms. The molecule has 0 bridgehead atoms. The lowest BCUT2D eigenvalue weighted by Crippen LogP contribution is -2.07. The largest absolute Gasteiger partial charge is 0.461 e. The number of aryl methyl sites for hydroxylation is 1. The van der Waals surface area contributed by atoms with Crippen LogP contribution in [-0.4, -0.2) is 32.3 Å². The van der Waals surface area contributed by atoms with Gasteiger partial charge in [0.1, 0.15) is 5.69 Å². The van der Waals surface area contributed by atoms with Gasteiger partial charge in [-0.1, -0.05) is 0 Å². The number of carbonyl (C=O) groups is 1. The molecule has 6 nitrogen and oxygen atoms in total. The zero-order chi connectivity index (χ0) is 12.4. The number of ether oxygens (including phenoxy) is 1. The van der Waals surface area contributed by atoms with Crippen LogP contribution < -0.4 is 0 Å². The lowest BCUT2D eigenvalue weighted by molar-refractivity contribution is 0.0521. The number of rotatable bonds is 3. The number of H-pyrrole nitrogens is 1. The van der Waals surface area contributed by atoms with Crippen molar-refractivity contribution in [1.82, 2.24) is 19.7 Å². The number of imidazole rings is 1. The van der Waals surface area contributed by atoms with E-state index >= 15 is 0 Å². The summed E-state index contributed by atoms with van der Waals surface area (Å²) in [6.07, 6.45) is 1.65. The summed E-state index contributed by atoms with van der Waals surface area (Å²) in [5, 5.41) is 4.04. The Bertz CT molecular complexity index is 546. The molecule has 0 amide bonds. The van der Waals surface area contributed by atoms with E-state index in [2.05, 4.69) is 31.0 Å². The summed E-state index contributed by atoms with van der Waals surface area (Å²) in [7, 11) is 1.78. The van der Waals surface area contributed by atoms with Gasteiger partial charge in [-0.25, -0.2) is 9.78 Å². The molecule has 0 aromatic carbocycles. The van der Waals surface area contributed by atoms with Crippen molar-refractivity contribution in [2.45, 2.75) is 6.92 Å². The second-order valence-electron chi connectivity index (χ2n) is 3.31. The second kappa shape index (κ2) is 4.70. The summed E-state index contributed by atoms with van der Waals surface area (Å²) >= 11 is 3.21. The van der Waals surface area contributed by atoms with E-state index in [0.717, 1.165) is 5.69 Å².